The third-order valence-electron chi connectivity index (χ3n) is 2.46. The Hall–Kier alpha value is -2.50. The number of hydrogen-bond donors (Lipinski definition) is 2. The molecular formula is C13H16N4O2. The van der Waals surface area contributed by atoms with Gasteiger partial charge in [0.25, 0.3) is 0 Å². The predicted molar refractivity (Wildman–Crippen MR) is 71.8 cm³/mol. The number of ether oxygens (including phenoxy) is 1. The maximum Gasteiger partial charge on any atom is 0.187 e. The molecule has 0 unspecified atom stereocenters. The molecule has 0 saturated heterocycles. The van der Waals surface area contributed by atoms with Gasteiger partial charge in [0.2, 0.25) is 0 Å². The average molecular weight is 260 g/mol. The fraction of sp³-hybridized carbons (Fsp3) is 0.231. The van der Waals surface area contributed by atoms with Gasteiger partial charge in [-0.2, -0.15) is 0 Å². The van der Waals surface area contributed by atoms with E-state index in [1.807, 2.05) is 19.9 Å². The highest BCUT2D eigenvalue weighted by atomic mass is 16.5. The summed E-state index contributed by atoms with van der Waals surface area (Å²) in [5.74, 6) is 1.26. The molecule has 6 nitrogen and oxygen atoms in total. The standard InChI is InChI=1S/C13H16N4O2/c1-9(2)19-11-6-3-7-15-13(11)17-8-4-5-10(17)12(14)16-18/h3-9,18H,1-2H3,(H2,14,16). The molecule has 6 heteroatoms. The molecule has 100 valence electrons. The minimum atomic E-state index is 0.0196. The summed E-state index contributed by atoms with van der Waals surface area (Å²) in [6.45, 7) is 3.88. The molecule has 0 amide bonds. The van der Waals surface area contributed by atoms with Crippen molar-refractivity contribution in [1.29, 1.82) is 0 Å². The van der Waals surface area contributed by atoms with Crippen LogP contribution in [0, 0.1) is 0 Å². The van der Waals surface area contributed by atoms with E-state index < -0.39 is 0 Å². The highest BCUT2D eigenvalue weighted by Gasteiger charge is 2.13. The van der Waals surface area contributed by atoms with Gasteiger partial charge in [-0.3, -0.25) is 4.57 Å². The van der Waals surface area contributed by atoms with Crippen LogP contribution in [0.5, 0.6) is 5.75 Å². The van der Waals surface area contributed by atoms with E-state index in [2.05, 4.69) is 10.1 Å². The van der Waals surface area contributed by atoms with Gasteiger partial charge in [0.1, 0.15) is 0 Å². The predicted octanol–water partition coefficient (Wildman–Crippen LogP) is 1.75. The van der Waals surface area contributed by atoms with E-state index in [1.54, 1.807) is 35.2 Å². The van der Waals surface area contributed by atoms with Gasteiger partial charge in [-0.1, -0.05) is 5.16 Å². The van der Waals surface area contributed by atoms with E-state index in [9.17, 15) is 0 Å². The number of oxime groups is 1. The first-order chi connectivity index (χ1) is 9.13. The van der Waals surface area contributed by atoms with Crippen molar-refractivity contribution in [2.75, 3.05) is 0 Å². The third kappa shape index (κ3) is 2.67. The van der Waals surface area contributed by atoms with Crippen LogP contribution in [0.15, 0.2) is 41.8 Å². The van der Waals surface area contributed by atoms with E-state index in [4.69, 9.17) is 15.7 Å². The minimum absolute atomic E-state index is 0.0196. The Labute approximate surface area is 111 Å². The van der Waals surface area contributed by atoms with E-state index in [-0.39, 0.29) is 11.9 Å². The molecule has 0 aliphatic heterocycles. The van der Waals surface area contributed by atoms with Crippen LogP contribution in [0.4, 0.5) is 0 Å². The van der Waals surface area contributed by atoms with Gasteiger partial charge in [-0.15, -0.1) is 0 Å². The second-order valence-corrected chi connectivity index (χ2v) is 4.24. The summed E-state index contributed by atoms with van der Waals surface area (Å²) in [5, 5.41) is 11.8. The van der Waals surface area contributed by atoms with Crippen molar-refractivity contribution >= 4 is 5.84 Å². The number of nitrogens with two attached hydrogens (primary N) is 1. The van der Waals surface area contributed by atoms with Gasteiger partial charge in [-0.05, 0) is 38.1 Å². The number of hydrogen-bond acceptors (Lipinski definition) is 4. The molecule has 0 radical (unpaired) electrons. The van der Waals surface area contributed by atoms with Crippen LogP contribution in [-0.2, 0) is 0 Å². The molecule has 2 rings (SSSR count). The van der Waals surface area contributed by atoms with Crippen LogP contribution in [0.1, 0.15) is 19.5 Å². The lowest BCUT2D eigenvalue weighted by Gasteiger charge is -2.15. The lowest BCUT2D eigenvalue weighted by molar-refractivity contribution is 0.241. The van der Waals surface area contributed by atoms with Crippen molar-refractivity contribution < 1.29 is 9.94 Å². The number of aromatic nitrogens is 2. The van der Waals surface area contributed by atoms with Gasteiger partial charge in [0, 0.05) is 12.4 Å². The van der Waals surface area contributed by atoms with Crippen molar-refractivity contribution in [3.8, 4) is 11.6 Å². The van der Waals surface area contributed by atoms with E-state index in [0.29, 0.717) is 17.3 Å². The lowest BCUT2D eigenvalue weighted by Crippen LogP contribution is -2.18. The minimum Gasteiger partial charge on any atom is -0.487 e. The number of pyridine rings is 1. The summed E-state index contributed by atoms with van der Waals surface area (Å²) in [6.07, 6.45) is 3.48. The summed E-state index contributed by atoms with van der Waals surface area (Å²) in [7, 11) is 0. The topological polar surface area (TPSA) is 85.7 Å². The zero-order chi connectivity index (χ0) is 13.8. The molecule has 3 N–H and O–H groups in total. The van der Waals surface area contributed by atoms with Gasteiger partial charge >= 0.3 is 0 Å². The van der Waals surface area contributed by atoms with Crippen LogP contribution < -0.4 is 10.5 Å². The SMILES string of the molecule is CC(C)Oc1cccnc1-n1cccc1/C(N)=N/O. The molecule has 19 heavy (non-hydrogen) atoms. The Morgan fingerprint density at radius 2 is 2.21 bits per heavy atom. The molecule has 0 aliphatic rings. The van der Waals surface area contributed by atoms with Gasteiger partial charge < -0.3 is 15.7 Å². The fourth-order valence-electron chi connectivity index (χ4n) is 1.73. The Morgan fingerprint density at radius 1 is 1.42 bits per heavy atom. The normalized spacial score (nSPS) is 11.8. The van der Waals surface area contributed by atoms with Gasteiger partial charge in [0.15, 0.2) is 17.4 Å². The maximum atomic E-state index is 8.79. The zero-order valence-corrected chi connectivity index (χ0v) is 10.8. The fourth-order valence-corrected chi connectivity index (χ4v) is 1.73. The second-order valence-electron chi connectivity index (χ2n) is 4.24. The summed E-state index contributed by atoms with van der Waals surface area (Å²) in [4.78, 5) is 4.30. The molecule has 0 spiro atoms. The van der Waals surface area contributed by atoms with Crippen LogP contribution >= 0.6 is 0 Å². The van der Waals surface area contributed by atoms with Crippen LogP contribution in [0.25, 0.3) is 5.82 Å². The smallest absolute Gasteiger partial charge is 0.187 e. The molecule has 2 aromatic heterocycles. The average Bonchev–Trinajstić information content (AvgIpc) is 2.87. The van der Waals surface area contributed by atoms with Crippen molar-refractivity contribution in [2.45, 2.75) is 20.0 Å². The van der Waals surface area contributed by atoms with Crippen LogP contribution in [-0.4, -0.2) is 26.7 Å². The van der Waals surface area contributed by atoms with Crippen molar-refractivity contribution in [3.05, 3.63) is 42.4 Å². The molecular weight excluding hydrogens is 244 g/mol. The summed E-state index contributed by atoms with van der Waals surface area (Å²) in [6, 6.07) is 7.16. The van der Waals surface area contributed by atoms with Gasteiger partial charge in [0.05, 0.1) is 11.8 Å². The zero-order valence-electron chi connectivity index (χ0n) is 10.8. The monoisotopic (exact) mass is 260 g/mol. The molecule has 0 bridgehead atoms. The van der Waals surface area contributed by atoms with Crippen molar-refractivity contribution in [3.63, 3.8) is 0 Å². The highest BCUT2D eigenvalue weighted by molar-refractivity contribution is 5.96. The molecule has 2 heterocycles. The van der Waals surface area contributed by atoms with Crippen LogP contribution in [0.2, 0.25) is 0 Å². The van der Waals surface area contributed by atoms with E-state index in [0.717, 1.165) is 0 Å². The summed E-state index contributed by atoms with van der Waals surface area (Å²) >= 11 is 0. The van der Waals surface area contributed by atoms with E-state index >= 15 is 0 Å². The molecule has 0 aromatic carbocycles. The van der Waals surface area contributed by atoms with Crippen molar-refractivity contribution in [1.82, 2.24) is 9.55 Å². The quantitative estimate of drug-likeness (QED) is 0.379. The van der Waals surface area contributed by atoms with Gasteiger partial charge in [-0.25, -0.2) is 4.98 Å². The Kier molecular flexibility index (Phi) is 3.70. The maximum absolute atomic E-state index is 8.79. The first-order valence-corrected chi connectivity index (χ1v) is 5.90. The summed E-state index contributed by atoms with van der Waals surface area (Å²) in [5.41, 5.74) is 6.19. The molecule has 0 fully saturated rings. The lowest BCUT2D eigenvalue weighted by atomic mass is 10.3. The van der Waals surface area contributed by atoms with E-state index in [1.165, 1.54) is 0 Å². The third-order valence-corrected chi connectivity index (χ3v) is 2.46. The largest absolute Gasteiger partial charge is 0.487 e. The first-order valence-electron chi connectivity index (χ1n) is 5.90. The number of nitrogens with zero attached hydrogens (tertiary/aromatic N) is 3. The molecule has 2 aromatic rings. The first kappa shape index (κ1) is 12.9. The number of amidine groups is 1. The van der Waals surface area contributed by atoms with Crippen molar-refractivity contribution in [2.24, 2.45) is 10.9 Å². The Bertz CT molecular complexity index is 590. The summed E-state index contributed by atoms with van der Waals surface area (Å²) < 4.78 is 7.43. The number of rotatable bonds is 4. The Morgan fingerprint density at radius 3 is 2.89 bits per heavy atom. The molecule has 0 aliphatic carbocycles. The second kappa shape index (κ2) is 5.43. The highest BCUT2D eigenvalue weighted by Crippen LogP contribution is 2.23. The molecule has 0 saturated carbocycles. The van der Waals surface area contributed by atoms with Crippen LogP contribution in [0.3, 0.4) is 0 Å². The molecule has 0 atom stereocenters. The Balaban J connectivity index is 2.51.